The minimum Gasteiger partial charge on any atom is -0.327 e. The van der Waals surface area contributed by atoms with Crippen LogP contribution >= 0.6 is 0 Å². The van der Waals surface area contributed by atoms with Gasteiger partial charge in [0.15, 0.2) is 0 Å². The van der Waals surface area contributed by atoms with Gasteiger partial charge in [0.25, 0.3) is 0 Å². The van der Waals surface area contributed by atoms with Gasteiger partial charge in [0.1, 0.15) is 5.82 Å². The largest absolute Gasteiger partial charge is 0.327 e. The van der Waals surface area contributed by atoms with E-state index in [0.29, 0.717) is 12.1 Å². The van der Waals surface area contributed by atoms with Gasteiger partial charge in [-0.15, -0.1) is 0 Å². The quantitative estimate of drug-likeness (QED) is 0.384. The zero-order valence-electron chi connectivity index (χ0n) is 20.6. The van der Waals surface area contributed by atoms with Crippen LogP contribution in [-0.4, -0.2) is 58.1 Å². The van der Waals surface area contributed by atoms with Crippen molar-refractivity contribution in [1.29, 1.82) is 0 Å². The van der Waals surface area contributed by atoms with E-state index < -0.39 is 10.0 Å². The first-order valence-corrected chi connectivity index (χ1v) is 12.8. The zero-order chi connectivity index (χ0) is 24.6. The molecule has 4 rings (SSSR count). The van der Waals surface area contributed by atoms with Crippen molar-refractivity contribution >= 4 is 21.1 Å². The van der Waals surface area contributed by atoms with Crippen LogP contribution in [0.4, 0.5) is 0 Å². The van der Waals surface area contributed by atoms with E-state index in [1.54, 1.807) is 12.1 Å². The number of para-hydroxylation sites is 1. The lowest BCUT2D eigenvalue weighted by Gasteiger charge is -2.17. The second-order valence-corrected chi connectivity index (χ2v) is 10.9. The summed E-state index contributed by atoms with van der Waals surface area (Å²) in [6.45, 7) is 8.34. The first-order chi connectivity index (χ1) is 16.1. The number of sulfonamides is 1. The number of hydrogen-bond acceptors (Lipinski definition) is 5. The smallest absolute Gasteiger partial charge is 0.242 e. The second-order valence-electron chi connectivity index (χ2n) is 8.78. The highest BCUT2D eigenvalue weighted by atomic mass is 32.2. The molecule has 0 N–H and O–H groups in total. The van der Waals surface area contributed by atoms with Gasteiger partial charge in [0.05, 0.1) is 33.9 Å². The minimum atomic E-state index is -3.51. The van der Waals surface area contributed by atoms with Crippen molar-refractivity contribution < 1.29 is 8.42 Å². The van der Waals surface area contributed by atoms with Gasteiger partial charge < -0.3 is 4.57 Å². The number of aromatic nitrogens is 4. The molecule has 0 aliphatic rings. The number of imidazole rings is 1. The molecule has 0 spiro atoms. The summed E-state index contributed by atoms with van der Waals surface area (Å²) in [5.74, 6) is 0.908. The van der Waals surface area contributed by atoms with Crippen LogP contribution < -0.4 is 0 Å². The Morgan fingerprint density at radius 1 is 0.971 bits per heavy atom. The SMILES string of the molecule is CCn1c(CN(C)Cc2c(C)nn(-c3ccccc3)c2C)nc2cc(S(=O)(=O)N(C)C)ccc21. The summed E-state index contributed by atoms with van der Waals surface area (Å²) in [5.41, 5.74) is 6.01. The zero-order valence-corrected chi connectivity index (χ0v) is 21.5. The molecule has 0 radical (unpaired) electrons. The van der Waals surface area contributed by atoms with Crippen LogP contribution in [0.5, 0.6) is 0 Å². The average Bonchev–Trinajstić information content (AvgIpc) is 3.30. The molecule has 0 saturated carbocycles. The van der Waals surface area contributed by atoms with E-state index in [0.717, 1.165) is 41.5 Å². The fourth-order valence-electron chi connectivity index (χ4n) is 4.30. The van der Waals surface area contributed by atoms with Crippen LogP contribution in [0, 0.1) is 13.8 Å². The lowest BCUT2D eigenvalue weighted by atomic mass is 10.2. The van der Waals surface area contributed by atoms with Crippen molar-refractivity contribution in [2.24, 2.45) is 0 Å². The normalized spacial score (nSPS) is 12.4. The summed E-state index contributed by atoms with van der Waals surface area (Å²) in [6, 6.07) is 15.3. The van der Waals surface area contributed by atoms with Gasteiger partial charge >= 0.3 is 0 Å². The van der Waals surface area contributed by atoms with Gasteiger partial charge in [0, 0.05) is 38.4 Å². The molecule has 9 heteroatoms. The molecule has 2 aromatic carbocycles. The van der Waals surface area contributed by atoms with E-state index in [1.807, 2.05) is 35.9 Å². The molecule has 0 atom stereocenters. The van der Waals surface area contributed by atoms with Crippen molar-refractivity contribution in [3.63, 3.8) is 0 Å². The third-order valence-electron chi connectivity index (χ3n) is 6.17. The van der Waals surface area contributed by atoms with Crippen molar-refractivity contribution in [3.8, 4) is 5.69 Å². The van der Waals surface area contributed by atoms with Gasteiger partial charge in [-0.3, -0.25) is 4.90 Å². The molecule has 0 fully saturated rings. The van der Waals surface area contributed by atoms with Crippen LogP contribution in [-0.2, 0) is 29.7 Å². The summed E-state index contributed by atoms with van der Waals surface area (Å²) < 4.78 is 30.5. The monoisotopic (exact) mass is 480 g/mol. The third-order valence-corrected chi connectivity index (χ3v) is 7.99. The molecule has 2 heterocycles. The Hall–Kier alpha value is -3.01. The van der Waals surface area contributed by atoms with Crippen LogP contribution in [0.25, 0.3) is 16.7 Å². The lowest BCUT2D eigenvalue weighted by Crippen LogP contribution is -2.22. The highest BCUT2D eigenvalue weighted by molar-refractivity contribution is 7.89. The van der Waals surface area contributed by atoms with Crippen molar-refractivity contribution in [1.82, 2.24) is 28.5 Å². The van der Waals surface area contributed by atoms with Crippen LogP contribution in [0.2, 0.25) is 0 Å². The van der Waals surface area contributed by atoms with Crippen molar-refractivity contribution in [2.75, 3.05) is 21.1 Å². The molecule has 0 bridgehead atoms. The van der Waals surface area contributed by atoms with E-state index in [4.69, 9.17) is 10.1 Å². The molecule has 0 unspecified atom stereocenters. The maximum atomic E-state index is 12.6. The summed E-state index contributed by atoms with van der Waals surface area (Å²) in [6.07, 6.45) is 0. The molecule has 4 aromatic rings. The maximum Gasteiger partial charge on any atom is 0.242 e. The Labute approximate surface area is 201 Å². The topological polar surface area (TPSA) is 76.3 Å². The Kier molecular flexibility index (Phi) is 6.62. The average molecular weight is 481 g/mol. The molecule has 34 heavy (non-hydrogen) atoms. The maximum absolute atomic E-state index is 12.6. The number of nitrogens with zero attached hydrogens (tertiary/aromatic N) is 6. The highest BCUT2D eigenvalue weighted by Crippen LogP contribution is 2.24. The summed E-state index contributed by atoms with van der Waals surface area (Å²) >= 11 is 0. The van der Waals surface area contributed by atoms with E-state index in [1.165, 1.54) is 24.0 Å². The molecule has 180 valence electrons. The van der Waals surface area contributed by atoms with E-state index >= 15 is 0 Å². The Morgan fingerprint density at radius 3 is 2.32 bits per heavy atom. The third kappa shape index (κ3) is 4.38. The standard InChI is InChI=1S/C25H32N6O2S/c1-7-30-24-14-13-21(34(32,33)28(4)5)15-23(24)26-25(30)17-29(6)16-22-18(2)27-31(19(22)3)20-11-9-8-10-12-20/h8-15H,7,16-17H2,1-6H3. The molecule has 0 amide bonds. The van der Waals surface area contributed by atoms with Crippen LogP contribution in [0.15, 0.2) is 53.4 Å². The number of aryl methyl sites for hydroxylation is 2. The number of hydrogen-bond donors (Lipinski definition) is 0. The molecule has 8 nitrogen and oxygen atoms in total. The fraction of sp³-hybridized carbons (Fsp3) is 0.360. The Morgan fingerprint density at radius 2 is 1.68 bits per heavy atom. The molecule has 2 aromatic heterocycles. The molecular formula is C25H32N6O2S. The van der Waals surface area contributed by atoms with E-state index in [2.05, 4.69) is 42.5 Å². The number of rotatable bonds is 8. The molecule has 0 saturated heterocycles. The van der Waals surface area contributed by atoms with E-state index in [9.17, 15) is 8.42 Å². The Bertz CT molecular complexity index is 1420. The molecular weight excluding hydrogens is 448 g/mol. The van der Waals surface area contributed by atoms with Crippen LogP contribution in [0.1, 0.15) is 29.7 Å². The first kappa shape index (κ1) is 24.1. The second kappa shape index (κ2) is 9.32. The van der Waals surface area contributed by atoms with Gasteiger partial charge in [-0.25, -0.2) is 22.4 Å². The van der Waals surface area contributed by atoms with Gasteiger partial charge in [-0.2, -0.15) is 5.10 Å². The van der Waals surface area contributed by atoms with Gasteiger partial charge in [-0.05, 0) is 58.2 Å². The summed E-state index contributed by atoms with van der Waals surface area (Å²) in [7, 11) is 1.63. The number of fused-ring (bicyclic) bond motifs is 1. The minimum absolute atomic E-state index is 0.255. The summed E-state index contributed by atoms with van der Waals surface area (Å²) in [4.78, 5) is 7.29. The van der Waals surface area contributed by atoms with Crippen molar-refractivity contribution in [2.45, 2.75) is 45.3 Å². The van der Waals surface area contributed by atoms with E-state index in [-0.39, 0.29) is 4.90 Å². The molecule has 0 aliphatic heterocycles. The number of benzene rings is 2. The Balaban J connectivity index is 1.61. The van der Waals surface area contributed by atoms with Crippen molar-refractivity contribution in [3.05, 3.63) is 71.3 Å². The predicted molar refractivity (Wildman–Crippen MR) is 134 cm³/mol. The molecule has 0 aliphatic carbocycles. The van der Waals surface area contributed by atoms with Gasteiger partial charge in [-0.1, -0.05) is 18.2 Å². The van der Waals surface area contributed by atoms with Gasteiger partial charge in [0.2, 0.25) is 10.0 Å². The van der Waals surface area contributed by atoms with Crippen LogP contribution in [0.3, 0.4) is 0 Å². The first-order valence-electron chi connectivity index (χ1n) is 11.3. The fourth-order valence-corrected chi connectivity index (χ4v) is 5.22. The predicted octanol–water partition coefficient (Wildman–Crippen LogP) is 3.74. The summed E-state index contributed by atoms with van der Waals surface area (Å²) in [5, 5.41) is 4.76. The highest BCUT2D eigenvalue weighted by Gasteiger charge is 2.21. The lowest BCUT2D eigenvalue weighted by molar-refractivity contribution is 0.305.